The number of piperidine rings is 1. The number of nitrogens with one attached hydrogen (secondary N) is 1. The Morgan fingerprint density at radius 1 is 1.32 bits per heavy atom. The number of halogens is 1. The lowest BCUT2D eigenvalue weighted by Gasteiger charge is -2.35. The van der Waals surface area contributed by atoms with Crippen LogP contribution in [0.1, 0.15) is 13.3 Å². The van der Waals surface area contributed by atoms with Crippen LogP contribution in [-0.4, -0.2) is 38.9 Å². The molecule has 0 amide bonds. The third-order valence-corrected chi connectivity index (χ3v) is 5.57. The predicted octanol–water partition coefficient (Wildman–Crippen LogP) is 1.44. The molecule has 1 fully saturated rings. The fourth-order valence-electron chi connectivity index (χ4n) is 2.51. The minimum Gasteiger partial charge on any atom is -0.317 e. The number of hydrogen-bond donors (Lipinski definition) is 1. The van der Waals surface area contributed by atoms with Gasteiger partial charge >= 0.3 is 0 Å². The molecule has 1 N–H and O–H groups in total. The number of hydrogen-bond acceptors (Lipinski definition) is 3. The first-order valence-electron chi connectivity index (χ1n) is 6.38. The second kappa shape index (κ2) is 5.56. The average molecular weight is 286 g/mol. The summed E-state index contributed by atoms with van der Waals surface area (Å²) >= 11 is 0. The van der Waals surface area contributed by atoms with E-state index in [2.05, 4.69) is 5.32 Å². The molecule has 0 aromatic heterocycles. The van der Waals surface area contributed by atoms with Gasteiger partial charge in [-0.1, -0.05) is 6.92 Å². The van der Waals surface area contributed by atoms with Crippen molar-refractivity contribution in [1.82, 2.24) is 9.62 Å². The van der Waals surface area contributed by atoms with Gasteiger partial charge in [-0.25, -0.2) is 12.8 Å². The summed E-state index contributed by atoms with van der Waals surface area (Å²) in [5, 5.41) is 3.20. The monoisotopic (exact) mass is 286 g/mol. The molecule has 6 heteroatoms. The van der Waals surface area contributed by atoms with Crippen LogP contribution < -0.4 is 5.32 Å². The zero-order valence-corrected chi connectivity index (χ0v) is 12.0. The summed E-state index contributed by atoms with van der Waals surface area (Å²) in [6.45, 7) is 3.02. The molecule has 4 nitrogen and oxygen atoms in total. The van der Waals surface area contributed by atoms with Crippen LogP contribution in [0.3, 0.4) is 0 Å². The first-order chi connectivity index (χ1) is 8.95. The van der Waals surface area contributed by atoms with Crippen LogP contribution in [0.25, 0.3) is 0 Å². The van der Waals surface area contributed by atoms with Gasteiger partial charge in [-0.05, 0) is 43.7 Å². The van der Waals surface area contributed by atoms with Crippen molar-refractivity contribution in [3.8, 4) is 0 Å². The summed E-state index contributed by atoms with van der Waals surface area (Å²) in [5.41, 5.74) is 0. The Bertz CT molecular complexity index is 530. The summed E-state index contributed by atoms with van der Waals surface area (Å²) in [6.07, 6.45) is 0.790. The Kier molecular flexibility index (Phi) is 4.23. The lowest BCUT2D eigenvalue weighted by Crippen LogP contribution is -2.49. The van der Waals surface area contributed by atoms with Gasteiger partial charge in [-0.2, -0.15) is 4.31 Å². The molecule has 1 aromatic rings. The molecule has 0 radical (unpaired) electrons. The van der Waals surface area contributed by atoms with Crippen LogP contribution >= 0.6 is 0 Å². The lowest BCUT2D eigenvalue weighted by atomic mass is 9.96. The fourth-order valence-corrected chi connectivity index (χ4v) is 4.07. The van der Waals surface area contributed by atoms with Crippen molar-refractivity contribution in [2.24, 2.45) is 5.92 Å². The standard InChI is InChI=1S/C13H19FN2O2S/c1-10-9-16(8-7-13(10)15-2)19(17,18)12-5-3-11(14)4-6-12/h3-6,10,13,15H,7-9H2,1-2H3. The molecule has 0 aliphatic carbocycles. The Balaban J connectivity index is 2.19. The zero-order valence-electron chi connectivity index (χ0n) is 11.1. The molecule has 106 valence electrons. The number of sulfonamides is 1. The highest BCUT2D eigenvalue weighted by Crippen LogP contribution is 2.23. The van der Waals surface area contributed by atoms with Gasteiger partial charge in [0.2, 0.25) is 10.0 Å². The molecule has 1 aromatic carbocycles. The Morgan fingerprint density at radius 2 is 1.95 bits per heavy atom. The molecule has 2 atom stereocenters. The zero-order chi connectivity index (χ0) is 14.0. The number of rotatable bonds is 3. The van der Waals surface area contributed by atoms with Crippen molar-refractivity contribution in [2.75, 3.05) is 20.1 Å². The van der Waals surface area contributed by atoms with Gasteiger partial charge < -0.3 is 5.32 Å². The van der Waals surface area contributed by atoms with E-state index in [4.69, 9.17) is 0 Å². The van der Waals surface area contributed by atoms with E-state index in [0.29, 0.717) is 19.1 Å². The van der Waals surface area contributed by atoms with Gasteiger partial charge in [0, 0.05) is 19.1 Å². The van der Waals surface area contributed by atoms with E-state index in [0.717, 1.165) is 6.42 Å². The lowest BCUT2D eigenvalue weighted by molar-refractivity contribution is 0.228. The highest BCUT2D eigenvalue weighted by Gasteiger charge is 2.32. The molecule has 0 saturated carbocycles. The first kappa shape index (κ1) is 14.4. The number of nitrogens with zero attached hydrogens (tertiary/aromatic N) is 1. The van der Waals surface area contributed by atoms with Crippen molar-refractivity contribution >= 4 is 10.0 Å². The summed E-state index contributed by atoms with van der Waals surface area (Å²) in [6, 6.07) is 5.34. The average Bonchev–Trinajstić information content (AvgIpc) is 2.39. The van der Waals surface area contributed by atoms with Crippen molar-refractivity contribution in [2.45, 2.75) is 24.3 Å². The smallest absolute Gasteiger partial charge is 0.243 e. The Hall–Kier alpha value is -0.980. The summed E-state index contributed by atoms with van der Waals surface area (Å²) in [5.74, 6) is -0.171. The van der Waals surface area contributed by atoms with Crippen molar-refractivity contribution in [1.29, 1.82) is 0 Å². The van der Waals surface area contributed by atoms with E-state index in [-0.39, 0.29) is 10.8 Å². The summed E-state index contributed by atoms with van der Waals surface area (Å²) < 4.78 is 39.2. The largest absolute Gasteiger partial charge is 0.317 e. The maximum Gasteiger partial charge on any atom is 0.243 e. The van der Waals surface area contributed by atoms with Gasteiger partial charge in [0.05, 0.1) is 4.90 Å². The van der Waals surface area contributed by atoms with E-state index in [9.17, 15) is 12.8 Å². The van der Waals surface area contributed by atoms with E-state index < -0.39 is 15.8 Å². The second-order valence-electron chi connectivity index (χ2n) is 4.98. The SMILES string of the molecule is CNC1CCN(S(=O)(=O)c2ccc(F)cc2)CC1C. The van der Waals surface area contributed by atoms with Crippen molar-refractivity contribution in [3.63, 3.8) is 0 Å². The molecule has 0 spiro atoms. The molecule has 2 rings (SSSR count). The quantitative estimate of drug-likeness (QED) is 0.915. The summed E-state index contributed by atoms with van der Waals surface area (Å²) in [7, 11) is -1.61. The van der Waals surface area contributed by atoms with Crippen LogP contribution in [0.2, 0.25) is 0 Å². The Morgan fingerprint density at radius 3 is 2.47 bits per heavy atom. The van der Waals surface area contributed by atoms with E-state index >= 15 is 0 Å². The maximum absolute atomic E-state index is 12.9. The van der Waals surface area contributed by atoms with Crippen molar-refractivity contribution in [3.05, 3.63) is 30.1 Å². The topological polar surface area (TPSA) is 49.4 Å². The molecular weight excluding hydrogens is 267 g/mol. The van der Waals surface area contributed by atoms with Gasteiger partial charge in [-0.3, -0.25) is 0 Å². The maximum atomic E-state index is 12.9. The predicted molar refractivity (Wildman–Crippen MR) is 71.8 cm³/mol. The summed E-state index contributed by atoms with van der Waals surface area (Å²) in [4.78, 5) is 0.156. The van der Waals surface area contributed by atoms with E-state index in [1.165, 1.54) is 28.6 Å². The minimum atomic E-state index is -3.50. The van der Waals surface area contributed by atoms with Gasteiger partial charge in [0.25, 0.3) is 0 Å². The van der Waals surface area contributed by atoms with Crippen LogP contribution in [-0.2, 0) is 10.0 Å². The highest BCUT2D eigenvalue weighted by molar-refractivity contribution is 7.89. The molecule has 0 bridgehead atoms. The molecule has 1 aliphatic rings. The van der Waals surface area contributed by atoms with E-state index in [1.54, 1.807) is 0 Å². The second-order valence-corrected chi connectivity index (χ2v) is 6.92. The first-order valence-corrected chi connectivity index (χ1v) is 7.82. The van der Waals surface area contributed by atoms with Gasteiger partial charge in [0.15, 0.2) is 0 Å². The molecule has 1 aliphatic heterocycles. The van der Waals surface area contributed by atoms with Crippen molar-refractivity contribution < 1.29 is 12.8 Å². The molecular formula is C13H19FN2O2S. The molecule has 19 heavy (non-hydrogen) atoms. The third kappa shape index (κ3) is 2.96. The Labute approximate surface area is 113 Å². The fraction of sp³-hybridized carbons (Fsp3) is 0.538. The normalized spacial score (nSPS) is 25.4. The van der Waals surface area contributed by atoms with Crippen LogP contribution in [0, 0.1) is 11.7 Å². The number of benzene rings is 1. The van der Waals surface area contributed by atoms with Crippen LogP contribution in [0.15, 0.2) is 29.2 Å². The van der Waals surface area contributed by atoms with Gasteiger partial charge in [0.1, 0.15) is 5.82 Å². The molecule has 1 heterocycles. The van der Waals surface area contributed by atoms with Gasteiger partial charge in [-0.15, -0.1) is 0 Å². The highest BCUT2D eigenvalue weighted by atomic mass is 32.2. The van der Waals surface area contributed by atoms with E-state index in [1.807, 2.05) is 14.0 Å². The van der Waals surface area contributed by atoms with Crippen LogP contribution in [0.4, 0.5) is 4.39 Å². The minimum absolute atomic E-state index is 0.156. The van der Waals surface area contributed by atoms with Crippen LogP contribution in [0.5, 0.6) is 0 Å². The third-order valence-electron chi connectivity index (χ3n) is 3.69. The molecule has 1 saturated heterocycles. The molecule has 2 unspecified atom stereocenters.